The molecule has 2 aliphatic heterocycles. The first-order valence-electron chi connectivity index (χ1n) is 11.2. The smallest absolute Gasteiger partial charge is 0.253 e. The number of benzene rings is 1. The Bertz CT molecular complexity index is 666. The number of ether oxygens (including phenoxy) is 2. The van der Waals surface area contributed by atoms with E-state index < -0.39 is 0 Å². The molecule has 2 fully saturated rings. The number of hydrogen-bond donors (Lipinski definition) is 2. The van der Waals surface area contributed by atoms with Gasteiger partial charge in [0, 0.05) is 57.9 Å². The zero-order valence-corrected chi connectivity index (χ0v) is 18.2. The lowest BCUT2D eigenvalue weighted by Crippen LogP contribution is -2.37. The molecule has 0 aliphatic carbocycles. The van der Waals surface area contributed by atoms with E-state index in [0.29, 0.717) is 12.5 Å². The number of likely N-dealkylation sites (tertiary alicyclic amines) is 1. The minimum Gasteiger partial charge on any atom is -0.381 e. The molecular formula is C23H36N4O3. The molecule has 1 unspecified atom stereocenters. The van der Waals surface area contributed by atoms with E-state index in [1.165, 1.54) is 6.42 Å². The van der Waals surface area contributed by atoms with E-state index in [9.17, 15) is 4.79 Å². The van der Waals surface area contributed by atoms with Crippen LogP contribution in [0.5, 0.6) is 0 Å². The van der Waals surface area contributed by atoms with Gasteiger partial charge in [0.1, 0.15) is 0 Å². The highest BCUT2D eigenvalue weighted by atomic mass is 16.5. The largest absolute Gasteiger partial charge is 0.381 e. The van der Waals surface area contributed by atoms with Crippen LogP contribution < -0.4 is 10.6 Å². The molecular weight excluding hydrogens is 380 g/mol. The van der Waals surface area contributed by atoms with Crippen molar-refractivity contribution in [2.45, 2.75) is 38.6 Å². The van der Waals surface area contributed by atoms with Gasteiger partial charge in [-0.15, -0.1) is 0 Å². The lowest BCUT2D eigenvalue weighted by atomic mass is 10.1. The van der Waals surface area contributed by atoms with Crippen molar-refractivity contribution in [2.75, 3.05) is 53.1 Å². The van der Waals surface area contributed by atoms with Gasteiger partial charge in [0.25, 0.3) is 5.91 Å². The number of aliphatic imine (C=N–C) groups is 1. The molecule has 1 atom stereocenters. The predicted octanol–water partition coefficient (Wildman–Crippen LogP) is 2.42. The Morgan fingerprint density at radius 2 is 2.00 bits per heavy atom. The Morgan fingerprint density at radius 3 is 2.70 bits per heavy atom. The molecule has 0 bridgehead atoms. The fraction of sp³-hybridized carbons (Fsp3) is 0.652. The van der Waals surface area contributed by atoms with Gasteiger partial charge in [-0.25, -0.2) is 0 Å². The van der Waals surface area contributed by atoms with Crippen LogP contribution in [0.25, 0.3) is 0 Å². The number of hydrogen-bond acceptors (Lipinski definition) is 4. The van der Waals surface area contributed by atoms with Gasteiger partial charge in [-0.05, 0) is 49.8 Å². The quantitative estimate of drug-likeness (QED) is 0.367. The van der Waals surface area contributed by atoms with E-state index in [2.05, 4.69) is 15.6 Å². The summed E-state index contributed by atoms with van der Waals surface area (Å²) in [7, 11) is 1.77. The highest BCUT2D eigenvalue weighted by Gasteiger charge is 2.18. The Kier molecular flexibility index (Phi) is 9.44. The second kappa shape index (κ2) is 12.5. The summed E-state index contributed by atoms with van der Waals surface area (Å²) in [6.07, 6.45) is 5.50. The minimum absolute atomic E-state index is 0.148. The third kappa shape index (κ3) is 7.29. The molecule has 0 spiro atoms. The summed E-state index contributed by atoms with van der Waals surface area (Å²) in [6, 6.07) is 7.88. The molecule has 166 valence electrons. The maximum atomic E-state index is 12.6. The normalized spacial score (nSPS) is 19.7. The van der Waals surface area contributed by atoms with Gasteiger partial charge >= 0.3 is 0 Å². The number of piperidine rings is 1. The van der Waals surface area contributed by atoms with E-state index in [1.807, 2.05) is 29.2 Å². The Labute approximate surface area is 180 Å². The molecule has 1 aromatic rings. The van der Waals surface area contributed by atoms with Crippen LogP contribution in [0, 0.1) is 5.92 Å². The van der Waals surface area contributed by atoms with Crippen molar-refractivity contribution in [1.29, 1.82) is 0 Å². The molecule has 7 heteroatoms. The summed E-state index contributed by atoms with van der Waals surface area (Å²) in [5, 5.41) is 6.63. The molecule has 2 aliphatic rings. The van der Waals surface area contributed by atoms with Crippen molar-refractivity contribution in [3.63, 3.8) is 0 Å². The van der Waals surface area contributed by atoms with Gasteiger partial charge < -0.3 is 25.0 Å². The van der Waals surface area contributed by atoms with Crippen molar-refractivity contribution >= 4 is 11.9 Å². The maximum absolute atomic E-state index is 12.6. The topological polar surface area (TPSA) is 75.2 Å². The van der Waals surface area contributed by atoms with Crippen LogP contribution in [0.2, 0.25) is 0 Å². The maximum Gasteiger partial charge on any atom is 0.253 e. The van der Waals surface area contributed by atoms with Crippen molar-refractivity contribution in [1.82, 2.24) is 15.5 Å². The Balaban J connectivity index is 1.31. The lowest BCUT2D eigenvalue weighted by Gasteiger charge is -2.26. The molecule has 1 amide bonds. The first kappa shape index (κ1) is 22.6. The zero-order valence-electron chi connectivity index (χ0n) is 18.2. The number of amides is 1. The van der Waals surface area contributed by atoms with Crippen molar-refractivity contribution in [3.8, 4) is 0 Å². The average molecular weight is 417 g/mol. The summed E-state index contributed by atoms with van der Waals surface area (Å²) in [5.41, 5.74) is 1.89. The number of rotatable bonds is 9. The molecule has 7 nitrogen and oxygen atoms in total. The Morgan fingerprint density at radius 1 is 1.20 bits per heavy atom. The molecule has 2 heterocycles. The number of nitrogens with zero attached hydrogens (tertiary/aromatic N) is 2. The third-order valence-electron chi connectivity index (χ3n) is 5.66. The molecule has 2 saturated heterocycles. The van der Waals surface area contributed by atoms with Gasteiger partial charge in [0.2, 0.25) is 0 Å². The summed E-state index contributed by atoms with van der Waals surface area (Å²) >= 11 is 0. The lowest BCUT2D eigenvalue weighted by molar-refractivity contribution is 0.0724. The van der Waals surface area contributed by atoms with E-state index in [0.717, 1.165) is 88.8 Å². The van der Waals surface area contributed by atoms with E-state index in [-0.39, 0.29) is 5.91 Å². The van der Waals surface area contributed by atoms with Crippen LogP contribution in [0.3, 0.4) is 0 Å². The summed E-state index contributed by atoms with van der Waals surface area (Å²) in [5.74, 6) is 1.48. The highest BCUT2D eigenvalue weighted by Crippen LogP contribution is 2.14. The fourth-order valence-electron chi connectivity index (χ4n) is 3.80. The zero-order chi connectivity index (χ0) is 21.0. The monoisotopic (exact) mass is 416 g/mol. The molecule has 0 radical (unpaired) electrons. The average Bonchev–Trinajstić information content (AvgIpc) is 3.32. The molecule has 3 rings (SSSR count). The molecule has 2 N–H and O–H groups in total. The van der Waals surface area contributed by atoms with Crippen LogP contribution in [0.15, 0.2) is 29.3 Å². The van der Waals surface area contributed by atoms with Crippen molar-refractivity contribution in [2.24, 2.45) is 10.9 Å². The second-order valence-corrected chi connectivity index (χ2v) is 8.06. The SMILES string of the molecule is CN=C(NCCCOCC1CCOC1)NCc1ccc(C(=O)N2CCCCC2)cc1. The molecule has 0 saturated carbocycles. The fourth-order valence-corrected chi connectivity index (χ4v) is 3.80. The molecule has 1 aromatic carbocycles. The number of guanidine groups is 1. The number of carbonyl (C=O) groups is 1. The second-order valence-electron chi connectivity index (χ2n) is 8.06. The van der Waals surface area contributed by atoms with Gasteiger partial charge in [-0.1, -0.05) is 12.1 Å². The predicted molar refractivity (Wildman–Crippen MR) is 119 cm³/mol. The molecule has 0 aromatic heterocycles. The summed E-state index contributed by atoms with van der Waals surface area (Å²) < 4.78 is 11.1. The van der Waals surface area contributed by atoms with Crippen LogP contribution in [0.1, 0.15) is 48.0 Å². The summed E-state index contributed by atoms with van der Waals surface area (Å²) in [6.45, 7) is 6.47. The first-order chi connectivity index (χ1) is 14.8. The van der Waals surface area contributed by atoms with Crippen molar-refractivity contribution in [3.05, 3.63) is 35.4 Å². The van der Waals surface area contributed by atoms with Crippen LogP contribution in [-0.2, 0) is 16.0 Å². The number of carbonyl (C=O) groups excluding carboxylic acids is 1. The van der Waals surface area contributed by atoms with Crippen LogP contribution >= 0.6 is 0 Å². The van der Waals surface area contributed by atoms with Crippen LogP contribution in [-0.4, -0.2) is 69.9 Å². The van der Waals surface area contributed by atoms with Crippen LogP contribution in [0.4, 0.5) is 0 Å². The first-order valence-corrected chi connectivity index (χ1v) is 11.2. The summed E-state index contributed by atoms with van der Waals surface area (Å²) in [4.78, 5) is 18.8. The van der Waals surface area contributed by atoms with Gasteiger partial charge in [-0.2, -0.15) is 0 Å². The van der Waals surface area contributed by atoms with E-state index in [4.69, 9.17) is 9.47 Å². The standard InChI is InChI=1S/C23H36N4O3/c1-24-23(25-11-5-14-29-17-20-10-15-30-18-20)26-16-19-6-8-21(9-7-19)22(28)27-12-3-2-4-13-27/h6-9,20H,2-5,10-18H2,1H3,(H2,24,25,26). The van der Waals surface area contributed by atoms with Gasteiger partial charge in [0.15, 0.2) is 5.96 Å². The van der Waals surface area contributed by atoms with Gasteiger partial charge in [-0.3, -0.25) is 9.79 Å². The van der Waals surface area contributed by atoms with E-state index in [1.54, 1.807) is 7.05 Å². The Hall–Kier alpha value is -2.12. The number of nitrogens with one attached hydrogen (secondary N) is 2. The molecule has 30 heavy (non-hydrogen) atoms. The van der Waals surface area contributed by atoms with E-state index >= 15 is 0 Å². The highest BCUT2D eigenvalue weighted by molar-refractivity contribution is 5.94. The minimum atomic E-state index is 0.148. The third-order valence-corrected chi connectivity index (χ3v) is 5.66. The van der Waals surface area contributed by atoms with Crippen molar-refractivity contribution < 1.29 is 14.3 Å². The van der Waals surface area contributed by atoms with Gasteiger partial charge in [0.05, 0.1) is 13.2 Å².